The highest BCUT2D eigenvalue weighted by molar-refractivity contribution is 14.1. The summed E-state index contributed by atoms with van der Waals surface area (Å²) in [6.07, 6.45) is -2.85. The van der Waals surface area contributed by atoms with Crippen molar-refractivity contribution in [3.8, 4) is 0 Å². The van der Waals surface area contributed by atoms with E-state index in [1.165, 1.54) is 10.8 Å². The van der Waals surface area contributed by atoms with Crippen LogP contribution in [0.1, 0.15) is 31.6 Å². The molecule has 1 aromatic heterocycles. The lowest BCUT2D eigenvalue weighted by atomic mass is 9.96. The second kappa shape index (κ2) is 11.6. The molecule has 3 heterocycles. The third-order valence-electron chi connectivity index (χ3n) is 5.22. The highest BCUT2D eigenvalue weighted by Crippen LogP contribution is 2.46. The zero-order chi connectivity index (χ0) is 25.3. The minimum absolute atomic E-state index is 0.00144. The molecule has 13 nitrogen and oxygen atoms in total. The van der Waals surface area contributed by atoms with Crippen LogP contribution in [-0.2, 0) is 45.8 Å². The summed E-state index contributed by atoms with van der Waals surface area (Å²) in [6.45, 7) is -3.11. The van der Waals surface area contributed by atoms with Crippen LogP contribution in [0.25, 0.3) is 0 Å². The van der Waals surface area contributed by atoms with Crippen LogP contribution < -0.4 is 21.0 Å². The molecule has 0 bridgehead atoms. The van der Waals surface area contributed by atoms with E-state index < -0.39 is 69.0 Å². The number of nitrogens with zero attached hydrogens (tertiary/aromatic N) is 1. The van der Waals surface area contributed by atoms with E-state index in [4.69, 9.17) is 30.9 Å². The minimum Gasteiger partial charge on any atom is -0.780 e. The van der Waals surface area contributed by atoms with Crippen molar-refractivity contribution in [1.82, 2.24) is 9.55 Å². The molecule has 3 rings (SSSR count). The van der Waals surface area contributed by atoms with Crippen LogP contribution in [0.15, 0.2) is 15.8 Å². The Kier molecular flexibility index (Phi) is 9.77. The molecule has 0 amide bonds. The maximum absolute atomic E-state index is 12.5. The first-order valence-corrected chi connectivity index (χ1v) is 15.7. The maximum Gasteiger partial charge on any atom is 0.330 e. The molecule has 0 saturated carbocycles. The first-order valence-electron chi connectivity index (χ1n) is 10.1. The van der Waals surface area contributed by atoms with Gasteiger partial charge in [-0.2, -0.15) is 0 Å². The fraction of sp³-hybridized carbons (Fsp3) is 0.750. The van der Waals surface area contributed by atoms with Crippen molar-refractivity contribution in [3.05, 3.63) is 32.6 Å². The number of aromatic nitrogens is 2. The average Bonchev–Trinajstić information content (AvgIpc) is 3.27. The van der Waals surface area contributed by atoms with Crippen LogP contribution >= 0.6 is 37.1 Å². The first kappa shape index (κ1) is 28.6. The van der Waals surface area contributed by atoms with E-state index in [-0.39, 0.29) is 12.8 Å². The van der Waals surface area contributed by atoms with Gasteiger partial charge in [0.2, 0.25) is 0 Å². The second-order valence-corrected chi connectivity index (χ2v) is 12.4. The minimum atomic E-state index is -4.91. The van der Waals surface area contributed by atoms with Gasteiger partial charge in [0, 0.05) is 28.6 Å². The van der Waals surface area contributed by atoms with Gasteiger partial charge in [-0.25, -0.2) is 4.79 Å². The molecular formula is C16H22BIN2O11P2S-2. The number of alkyl halides is 1. The standard InChI is InChI=1S/C16H24BIN2O11P2S/c1-2-8-6-20(16(22)19-15(8)21)14-4-10(11(5-18)29-14)30-32(23,24)27-7-12-9(3-13(17)28-12)31-33(25,26)34/h6,9-14H,2-5,7H2,1H3,(H,23,24)(H,19,21,22)(H2,25,26,34)/p-2. The summed E-state index contributed by atoms with van der Waals surface area (Å²) in [7, 11) is 0.738. The van der Waals surface area contributed by atoms with Gasteiger partial charge in [0.05, 0.1) is 24.9 Å². The largest absolute Gasteiger partial charge is 0.780 e. The SMILES string of the molecule is [B]C1CC(OP([O-])(O)=S)C(COP(=O)([O-])OC2CC(n3cc(CC)c(=O)[nH]c3=O)OC2CI)O1. The Balaban J connectivity index is 1.66. The van der Waals surface area contributed by atoms with Crippen molar-refractivity contribution in [2.24, 2.45) is 0 Å². The van der Waals surface area contributed by atoms with Gasteiger partial charge in [-0.05, 0) is 12.8 Å². The Hall–Kier alpha value is 0.0349. The monoisotopic (exact) mass is 650 g/mol. The quantitative estimate of drug-likeness (QED) is 0.136. The van der Waals surface area contributed by atoms with Gasteiger partial charge in [-0.1, -0.05) is 41.3 Å². The van der Waals surface area contributed by atoms with Gasteiger partial charge in [-0.3, -0.25) is 18.9 Å². The predicted octanol–water partition coefficient (Wildman–Crippen LogP) is -1.06. The molecule has 18 heteroatoms. The van der Waals surface area contributed by atoms with E-state index >= 15 is 0 Å². The van der Waals surface area contributed by atoms with Gasteiger partial charge in [0.15, 0.2) is 0 Å². The molecule has 0 aromatic carbocycles. The van der Waals surface area contributed by atoms with Crippen LogP contribution in [0.4, 0.5) is 0 Å². The number of H-pyrrole nitrogens is 1. The normalized spacial score (nSPS) is 33.0. The van der Waals surface area contributed by atoms with E-state index in [1.54, 1.807) is 6.92 Å². The topological polar surface area (TPSA) is 184 Å². The average molecular weight is 650 g/mol. The van der Waals surface area contributed by atoms with Gasteiger partial charge >= 0.3 is 5.69 Å². The summed E-state index contributed by atoms with van der Waals surface area (Å²) in [4.78, 5) is 59.4. The Morgan fingerprint density at radius 3 is 2.59 bits per heavy atom. The van der Waals surface area contributed by atoms with Crippen molar-refractivity contribution < 1.29 is 42.3 Å². The number of aromatic amines is 1. The molecule has 190 valence electrons. The van der Waals surface area contributed by atoms with Gasteiger partial charge in [0.1, 0.15) is 26.9 Å². The lowest BCUT2D eigenvalue weighted by Crippen LogP contribution is -2.34. The first-order chi connectivity index (χ1) is 15.8. The van der Waals surface area contributed by atoms with Gasteiger partial charge in [-0.15, -0.1) is 0 Å². The third kappa shape index (κ3) is 7.52. The molecule has 2 radical (unpaired) electrons. The molecule has 2 saturated heterocycles. The van der Waals surface area contributed by atoms with E-state index in [9.17, 15) is 28.8 Å². The number of phosphoric acid groups is 1. The number of hydrogen-bond donors (Lipinski definition) is 2. The van der Waals surface area contributed by atoms with Crippen molar-refractivity contribution in [2.45, 2.75) is 62.8 Å². The van der Waals surface area contributed by atoms with E-state index in [0.717, 1.165) is 0 Å². The van der Waals surface area contributed by atoms with Crippen molar-refractivity contribution in [3.63, 3.8) is 0 Å². The molecule has 2 aliphatic heterocycles. The van der Waals surface area contributed by atoms with E-state index in [0.29, 0.717) is 16.4 Å². The highest BCUT2D eigenvalue weighted by atomic mass is 127. The zero-order valence-electron chi connectivity index (χ0n) is 17.8. The van der Waals surface area contributed by atoms with E-state index in [2.05, 4.69) is 16.8 Å². The van der Waals surface area contributed by atoms with E-state index in [1.807, 2.05) is 22.6 Å². The summed E-state index contributed by atoms with van der Waals surface area (Å²) in [5, 5.41) is 0. The lowest BCUT2D eigenvalue weighted by Gasteiger charge is -2.31. The molecule has 34 heavy (non-hydrogen) atoms. The van der Waals surface area contributed by atoms with Crippen molar-refractivity contribution in [1.29, 1.82) is 0 Å². The third-order valence-corrected chi connectivity index (χ3v) is 7.88. The predicted molar refractivity (Wildman–Crippen MR) is 127 cm³/mol. The number of phosphoric ester groups is 1. The van der Waals surface area contributed by atoms with Crippen molar-refractivity contribution >= 4 is 56.8 Å². The number of nitrogens with one attached hydrogen (secondary N) is 1. The maximum atomic E-state index is 12.5. The summed E-state index contributed by atoms with van der Waals surface area (Å²) in [6, 6.07) is -0.858. The number of rotatable bonds is 10. The highest BCUT2D eigenvalue weighted by Gasteiger charge is 2.40. The summed E-state index contributed by atoms with van der Waals surface area (Å²) < 4.78 is 40.1. The number of hydrogen-bond acceptors (Lipinski definition) is 11. The summed E-state index contributed by atoms with van der Waals surface area (Å²) in [5.41, 5.74) is -0.818. The summed E-state index contributed by atoms with van der Waals surface area (Å²) in [5.74, 6) is 0. The molecule has 0 spiro atoms. The van der Waals surface area contributed by atoms with Crippen LogP contribution in [0.2, 0.25) is 0 Å². The number of ether oxygens (including phenoxy) is 2. The Bertz CT molecular complexity index is 1080. The van der Waals surface area contributed by atoms with Gasteiger partial charge < -0.3 is 37.7 Å². The fourth-order valence-corrected chi connectivity index (χ4v) is 6.27. The van der Waals surface area contributed by atoms with Crippen LogP contribution in [0, 0.1) is 0 Å². The van der Waals surface area contributed by atoms with Crippen molar-refractivity contribution in [2.75, 3.05) is 11.0 Å². The second-order valence-electron chi connectivity index (χ2n) is 7.64. The Morgan fingerprint density at radius 1 is 1.29 bits per heavy atom. The molecule has 0 aliphatic carbocycles. The molecule has 2 N–H and O–H groups in total. The van der Waals surface area contributed by atoms with Crippen LogP contribution in [-0.4, -0.2) is 63.7 Å². The lowest BCUT2D eigenvalue weighted by molar-refractivity contribution is -0.233. The Morgan fingerprint density at radius 2 is 1.97 bits per heavy atom. The molecule has 1 aromatic rings. The molecule has 8 unspecified atom stereocenters. The molecule has 2 aliphatic rings. The summed E-state index contributed by atoms with van der Waals surface area (Å²) >= 11 is 6.32. The molecule has 8 atom stereocenters. The molecule has 2 fully saturated rings. The van der Waals surface area contributed by atoms with Crippen LogP contribution in [0.5, 0.6) is 0 Å². The Labute approximate surface area is 214 Å². The fourth-order valence-electron chi connectivity index (χ4n) is 3.65. The zero-order valence-corrected chi connectivity index (χ0v) is 22.6. The number of halogens is 1. The molecular weight excluding hydrogens is 628 g/mol. The van der Waals surface area contributed by atoms with Crippen LogP contribution in [0.3, 0.4) is 0 Å². The smallest absolute Gasteiger partial charge is 0.330 e. The van der Waals surface area contributed by atoms with Gasteiger partial charge in [0.25, 0.3) is 13.4 Å². The number of aryl methyl sites for hydroxylation is 1.